The number of Topliss-reactive ketones (excluding diaryl/α,β-unsaturated/α-hetero) is 1. The molecule has 1 aromatic carbocycles. The van der Waals surface area contributed by atoms with E-state index in [1.165, 1.54) is 0 Å². The van der Waals surface area contributed by atoms with Gasteiger partial charge in [0.05, 0.1) is 18.3 Å². The van der Waals surface area contributed by atoms with E-state index in [1.807, 2.05) is 45.0 Å². The van der Waals surface area contributed by atoms with Gasteiger partial charge in [-0.05, 0) is 26.8 Å². The zero-order valence-corrected chi connectivity index (χ0v) is 13.1. The van der Waals surface area contributed by atoms with Crippen LogP contribution < -0.4 is 0 Å². The minimum atomic E-state index is -0.280. The summed E-state index contributed by atoms with van der Waals surface area (Å²) in [6, 6.07) is 7.71. The highest BCUT2D eigenvalue weighted by atomic mass is 16.5. The number of ketones is 1. The first-order valence-electron chi connectivity index (χ1n) is 7.50. The summed E-state index contributed by atoms with van der Waals surface area (Å²) in [4.78, 5) is 14.5. The van der Waals surface area contributed by atoms with Gasteiger partial charge in [-0.1, -0.05) is 23.8 Å². The lowest BCUT2D eigenvalue weighted by Gasteiger charge is -2.42. The molecule has 2 rings (SSSR count). The fourth-order valence-corrected chi connectivity index (χ4v) is 2.90. The summed E-state index contributed by atoms with van der Waals surface area (Å²) in [5, 5.41) is 9.31. The Bertz CT molecular complexity index is 499. The molecular weight excluding hydrogens is 266 g/mol. The Hall–Kier alpha value is -1.23. The van der Waals surface area contributed by atoms with E-state index in [4.69, 9.17) is 4.74 Å². The molecule has 1 fully saturated rings. The lowest BCUT2D eigenvalue weighted by Crippen LogP contribution is -2.54. The van der Waals surface area contributed by atoms with E-state index >= 15 is 0 Å². The second-order valence-corrected chi connectivity index (χ2v) is 6.46. The lowest BCUT2D eigenvalue weighted by molar-refractivity contribution is -0.148. The van der Waals surface area contributed by atoms with Gasteiger partial charge < -0.3 is 9.84 Å². The number of nitrogens with zero attached hydrogens (tertiary/aromatic N) is 1. The number of ether oxygens (including phenoxy) is 1. The summed E-state index contributed by atoms with van der Waals surface area (Å²) in [6.45, 7) is 8.22. The molecule has 0 amide bonds. The minimum Gasteiger partial charge on any atom is -0.394 e. The second-order valence-electron chi connectivity index (χ2n) is 6.46. The monoisotopic (exact) mass is 291 g/mol. The number of aryl methyl sites for hydroxylation is 1. The van der Waals surface area contributed by atoms with Gasteiger partial charge in [-0.15, -0.1) is 0 Å². The third-order valence-electron chi connectivity index (χ3n) is 3.75. The van der Waals surface area contributed by atoms with Crippen molar-refractivity contribution in [3.8, 4) is 0 Å². The van der Waals surface area contributed by atoms with Crippen LogP contribution in [-0.4, -0.2) is 53.7 Å². The largest absolute Gasteiger partial charge is 0.394 e. The predicted molar refractivity (Wildman–Crippen MR) is 82.6 cm³/mol. The molecule has 0 bridgehead atoms. The van der Waals surface area contributed by atoms with E-state index in [2.05, 4.69) is 4.90 Å². The second kappa shape index (κ2) is 6.69. The first-order chi connectivity index (χ1) is 9.89. The number of rotatable bonds is 5. The van der Waals surface area contributed by atoms with Gasteiger partial charge >= 0.3 is 0 Å². The van der Waals surface area contributed by atoms with Crippen molar-refractivity contribution < 1.29 is 14.6 Å². The summed E-state index contributed by atoms with van der Waals surface area (Å²) in [7, 11) is 0. The average molecular weight is 291 g/mol. The molecule has 0 aromatic heterocycles. The van der Waals surface area contributed by atoms with Gasteiger partial charge in [0.2, 0.25) is 0 Å². The van der Waals surface area contributed by atoms with Crippen LogP contribution in [0.1, 0.15) is 36.2 Å². The molecule has 1 aromatic rings. The molecule has 1 heterocycles. The summed E-state index contributed by atoms with van der Waals surface area (Å²) in [5.41, 5.74) is 1.60. The maximum atomic E-state index is 12.2. The Balaban J connectivity index is 1.91. The number of benzene rings is 1. The molecule has 1 aliphatic heterocycles. The molecule has 1 saturated heterocycles. The van der Waals surface area contributed by atoms with Gasteiger partial charge in [0.15, 0.2) is 5.78 Å². The molecule has 0 radical (unpaired) electrons. The zero-order chi connectivity index (χ0) is 15.5. The fourth-order valence-electron chi connectivity index (χ4n) is 2.90. The minimum absolute atomic E-state index is 0.0196. The van der Waals surface area contributed by atoms with Gasteiger partial charge in [-0.3, -0.25) is 9.69 Å². The van der Waals surface area contributed by atoms with Crippen LogP contribution in [0.5, 0.6) is 0 Å². The third-order valence-corrected chi connectivity index (χ3v) is 3.75. The molecule has 4 heteroatoms. The first-order valence-corrected chi connectivity index (χ1v) is 7.50. The van der Waals surface area contributed by atoms with Crippen molar-refractivity contribution in [3.05, 3.63) is 35.4 Å². The molecular formula is C17H25NO3. The van der Waals surface area contributed by atoms with Gasteiger partial charge in [-0.25, -0.2) is 0 Å². The Morgan fingerprint density at radius 3 is 2.90 bits per heavy atom. The average Bonchev–Trinajstić information content (AvgIpc) is 2.43. The van der Waals surface area contributed by atoms with Crippen LogP contribution in [0.2, 0.25) is 0 Å². The van der Waals surface area contributed by atoms with Gasteiger partial charge in [0.25, 0.3) is 0 Å². The highest BCUT2D eigenvalue weighted by molar-refractivity contribution is 5.96. The summed E-state index contributed by atoms with van der Waals surface area (Å²) < 4.78 is 5.78. The SMILES string of the molecule is Cc1cccc(C(=O)CCN2CC(CO)OC(C)(C)C2)c1. The highest BCUT2D eigenvalue weighted by Gasteiger charge is 2.32. The van der Waals surface area contributed by atoms with Gasteiger partial charge in [0, 0.05) is 31.6 Å². The van der Waals surface area contributed by atoms with Crippen molar-refractivity contribution in [3.63, 3.8) is 0 Å². The summed E-state index contributed by atoms with van der Waals surface area (Å²) in [5.74, 6) is 0.170. The van der Waals surface area contributed by atoms with Crippen LogP contribution in [0, 0.1) is 6.92 Å². The Morgan fingerprint density at radius 1 is 1.48 bits per heavy atom. The topological polar surface area (TPSA) is 49.8 Å². The number of aliphatic hydroxyl groups excluding tert-OH is 1. The van der Waals surface area contributed by atoms with Crippen LogP contribution in [0.15, 0.2) is 24.3 Å². The van der Waals surface area contributed by atoms with Crippen LogP contribution in [0.4, 0.5) is 0 Å². The number of morpholine rings is 1. The van der Waals surface area contributed by atoms with E-state index in [0.717, 1.165) is 17.7 Å². The number of carbonyl (C=O) groups is 1. The molecule has 1 unspecified atom stereocenters. The maximum absolute atomic E-state index is 12.2. The van der Waals surface area contributed by atoms with Crippen molar-refractivity contribution in [1.29, 1.82) is 0 Å². The normalized spacial score (nSPS) is 22.2. The molecule has 0 spiro atoms. The molecule has 1 N–H and O–H groups in total. The van der Waals surface area contributed by atoms with E-state index in [1.54, 1.807) is 0 Å². The molecule has 0 saturated carbocycles. The van der Waals surface area contributed by atoms with E-state index in [0.29, 0.717) is 19.5 Å². The molecule has 21 heavy (non-hydrogen) atoms. The number of carbonyl (C=O) groups excluding carboxylic acids is 1. The zero-order valence-electron chi connectivity index (χ0n) is 13.1. The lowest BCUT2D eigenvalue weighted by atomic mass is 10.0. The molecule has 1 atom stereocenters. The summed E-state index contributed by atoms with van der Waals surface area (Å²) >= 11 is 0. The highest BCUT2D eigenvalue weighted by Crippen LogP contribution is 2.21. The van der Waals surface area contributed by atoms with Crippen LogP contribution in [0.3, 0.4) is 0 Å². The molecule has 4 nitrogen and oxygen atoms in total. The third kappa shape index (κ3) is 4.63. The van der Waals surface area contributed by atoms with Crippen molar-refractivity contribution >= 4 is 5.78 Å². The number of hydrogen-bond acceptors (Lipinski definition) is 4. The Labute approximate surface area is 126 Å². The number of aliphatic hydroxyl groups is 1. The van der Waals surface area contributed by atoms with Crippen LogP contribution in [0.25, 0.3) is 0 Å². The van der Waals surface area contributed by atoms with E-state index in [-0.39, 0.29) is 24.1 Å². The van der Waals surface area contributed by atoms with Gasteiger partial charge in [-0.2, -0.15) is 0 Å². The Kier molecular flexibility index (Phi) is 5.14. The molecule has 1 aliphatic rings. The smallest absolute Gasteiger partial charge is 0.164 e. The molecule has 116 valence electrons. The van der Waals surface area contributed by atoms with E-state index < -0.39 is 0 Å². The Morgan fingerprint density at radius 2 is 2.24 bits per heavy atom. The van der Waals surface area contributed by atoms with Crippen molar-refractivity contribution in [1.82, 2.24) is 4.90 Å². The molecule has 0 aliphatic carbocycles. The van der Waals surface area contributed by atoms with Crippen LogP contribution in [-0.2, 0) is 4.74 Å². The number of hydrogen-bond donors (Lipinski definition) is 1. The quantitative estimate of drug-likeness (QED) is 0.844. The first kappa shape index (κ1) is 16.1. The predicted octanol–water partition coefficient (Wildman–Crippen LogP) is 2.04. The summed E-state index contributed by atoms with van der Waals surface area (Å²) in [6.07, 6.45) is 0.334. The maximum Gasteiger partial charge on any atom is 0.164 e. The van der Waals surface area contributed by atoms with Gasteiger partial charge in [0.1, 0.15) is 0 Å². The van der Waals surface area contributed by atoms with Crippen molar-refractivity contribution in [2.75, 3.05) is 26.2 Å². The fraction of sp³-hybridized carbons (Fsp3) is 0.588. The van der Waals surface area contributed by atoms with Crippen molar-refractivity contribution in [2.24, 2.45) is 0 Å². The van der Waals surface area contributed by atoms with Crippen LogP contribution >= 0.6 is 0 Å². The van der Waals surface area contributed by atoms with Crippen molar-refractivity contribution in [2.45, 2.75) is 38.9 Å². The standard InChI is InChI=1S/C17H25NO3/c1-13-5-4-6-14(9-13)16(20)7-8-18-10-15(11-19)21-17(2,3)12-18/h4-6,9,15,19H,7-8,10-12H2,1-3H3. The van der Waals surface area contributed by atoms with E-state index in [9.17, 15) is 9.90 Å².